The molecule has 0 aromatic rings. The molecule has 3 unspecified atom stereocenters. The summed E-state index contributed by atoms with van der Waals surface area (Å²) in [6.07, 6.45) is 7.61. The SMILES string of the molecule is CCC=C(C)C(C)CC(C)C(C)CCC. The molecule has 3 atom stereocenters. The molecule has 0 saturated carbocycles. The summed E-state index contributed by atoms with van der Waals surface area (Å²) in [6, 6.07) is 0. The van der Waals surface area contributed by atoms with Gasteiger partial charge < -0.3 is 0 Å². The molecule has 0 saturated heterocycles. The maximum absolute atomic E-state index is 2.41. The van der Waals surface area contributed by atoms with Crippen LogP contribution in [0, 0.1) is 17.8 Å². The number of hydrogen-bond acceptors (Lipinski definition) is 0. The molecular formula is C15H30. The van der Waals surface area contributed by atoms with E-state index in [1.165, 1.54) is 25.7 Å². The van der Waals surface area contributed by atoms with Gasteiger partial charge >= 0.3 is 0 Å². The molecule has 0 aliphatic heterocycles. The van der Waals surface area contributed by atoms with Crippen molar-refractivity contribution >= 4 is 0 Å². The van der Waals surface area contributed by atoms with Gasteiger partial charge in [0.15, 0.2) is 0 Å². The van der Waals surface area contributed by atoms with E-state index in [9.17, 15) is 0 Å². The van der Waals surface area contributed by atoms with Crippen LogP contribution >= 0.6 is 0 Å². The fraction of sp³-hybridized carbons (Fsp3) is 0.867. The van der Waals surface area contributed by atoms with Crippen LogP contribution in [-0.4, -0.2) is 0 Å². The van der Waals surface area contributed by atoms with Gasteiger partial charge in [-0.2, -0.15) is 0 Å². The van der Waals surface area contributed by atoms with E-state index in [0.717, 1.165) is 17.8 Å². The molecule has 0 heterocycles. The van der Waals surface area contributed by atoms with Crippen molar-refractivity contribution in [1.29, 1.82) is 0 Å². The standard InChI is InChI=1S/C15H30/c1-7-9-12(3)14(5)11-15(6)13(4)10-8-2/h9,13-15H,7-8,10-11H2,1-6H3. The highest BCUT2D eigenvalue weighted by Gasteiger charge is 2.15. The summed E-state index contributed by atoms with van der Waals surface area (Å²) in [6.45, 7) is 14.0. The van der Waals surface area contributed by atoms with Gasteiger partial charge in [0, 0.05) is 0 Å². The normalized spacial score (nSPS) is 18.7. The maximum atomic E-state index is 2.41. The van der Waals surface area contributed by atoms with E-state index in [2.05, 4.69) is 47.6 Å². The molecule has 0 aliphatic rings. The molecular weight excluding hydrogens is 180 g/mol. The van der Waals surface area contributed by atoms with E-state index in [-0.39, 0.29) is 0 Å². The molecule has 0 radical (unpaired) electrons. The van der Waals surface area contributed by atoms with E-state index in [1.807, 2.05) is 0 Å². The Labute approximate surface area is 97.2 Å². The third-order valence-electron chi connectivity index (χ3n) is 3.74. The predicted octanol–water partition coefficient (Wildman–Crippen LogP) is 5.44. The molecule has 0 heteroatoms. The zero-order valence-corrected chi connectivity index (χ0v) is 11.6. The Hall–Kier alpha value is -0.260. The van der Waals surface area contributed by atoms with Crippen LogP contribution in [0.25, 0.3) is 0 Å². The van der Waals surface area contributed by atoms with E-state index >= 15 is 0 Å². The fourth-order valence-corrected chi connectivity index (χ4v) is 2.24. The lowest BCUT2D eigenvalue weighted by Gasteiger charge is -2.23. The van der Waals surface area contributed by atoms with Crippen LogP contribution in [-0.2, 0) is 0 Å². The molecule has 0 rings (SSSR count). The van der Waals surface area contributed by atoms with Crippen LogP contribution in [0.4, 0.5) is 0 Å². The second-order valence-corrected chi connectivity index (χ2v) is 5.24. The Balaban J connectivity index is 4.05. The highest BCUT2D eigenvalue weighted by atomic mass is 14.2. The lowest BCUT2D eigenvalue weighted by molar-refractivity contribution is 0.312. The highest BCUT2D eigenvalue weighted by molar-refractivity contribution is 5.01. The number of hydrogen-bond donors (Lipinski definition) is 0. The van der Waals surface area contributed by atoms with Crippen molar-refractivity contribution in [3.05, 3.63) is 11.6 Å². The summed E-state index contributed by atoms with van der Waals surface area (Å²) in [5.74, 6) is 2.51. The number of allylic oxidation sites excluding steroid dienone is 2. The molecule has 0 aliphatic carbocycles. The van der Waals surface area contributed by atoms with Gasteiger partial charge in [-0.3, -0.25) is 0 Å². The summed E-state index contributed by atoms with van der Waals surface area (Å²) in [5, 5.41) is 0. The van der Waals surface area contributed by atoms with Crippen LogP contribution in [0.2, 0.25) is 0 Å². The molecule has 0 bridgehead atoms. The molecule has 90 valence electrons. The van der Waals surface area contributed by atoms with Crippen LogP contribution in [0.15, 0.2) is 11.6 Å². The quantitative estimate of drug-likeness (QED) is 0.491. The van der Waals surface area contributed by atoms with Gasteiger partial charge in [0.05, 0.1) is 0 Å². The Morgan fingerprint density at radius 3 is 2.13 bits per heavy atom. The van der Waals surface area contributed by atoms with E-state index < -0.39 is 0 Å². The second-order valence-electron chi connectivity index (χ2n) is 5.24. The van der Waals surface area contributed by atoms with Crippen LogP contribution in [0.3, 0.4) is 0 Å². The highest BCUT2D eigenvalue weighted by Crippen LogP contribution is 2.27. The van der Waals surface area contributed by atoms with Crippen molar-refractivity contribution < 1.29 is 0 Å². The zero-order valence-electron chi connectivity index (χ0n) is 11.6. The molecule has 0 fully saturated rings. The van der Waals surface area contributed by atoms with Crippen molar-refractivity contribution in [2.24, 2.45) is 17.8 Å². The van der Waals surface area contributed by atoms with Crippen molar-refractivity contribution in [2.45, 2.75) is 67.2 Å². The van der Waals surface area contributed by atoms with E-state index in [4.69, 9.17) is 0 Å². The Morgan fingerprint density at radius 2 is 1.67 bits per heavy atom. The van der Waals surface area contributed by atoms with Crippen molar-refractivity contribution in [1.82, 2.24) is 0 Å². The molecule has 0 aromatic heterocycles. The smallest absolute Gasteiger partial charge is 0.0232 e. The molecule has 0 spiro atoms. The minimum Gasteiger partial charge on any atom is -0.0856 e. The van der Waals surface area contributed by atoms with Gasteiger partial charge in [0.2, 0.25) is 0 Å². The average Bonchev–Trinajstić information content (AvgIpc) is 2.18. The third-order valence-corrected chi connectivity index (χ3v) is 3.74. The first kappa shape index (κ1) is 14.7. The van der Waals surface area contributed by atoms with Crippen molar-refractivity contribution in [3.63, 3.8) is 0 Å². The minimum absolute atomic E-state index is 0.763. The Kier molecular flexibility index (Phi) is 7.82. The molecule has 0 N–H and O–H groups in total. The minimum atomic E-state index is 0.763. The summed E-state index contributed by atoms with van der Waals surface area (Å²) < 4.78 is 0. The largest absolute Gasteiger partial charge is 0.0856 e. The van der Waals surface area contributed by atoms with Crippen LogP contribution in [0.1, 0.15) is 67.2 Å². The van der Waals surface area contributed by atoms with Crippen LogP contribution < -0.4 is 0 Å². The monoisotopic (exact) mass is 210 g/mol. The maximum Gasteiger partial charge on any atom is -0.0232 e. The van der Waals surface area contributed by atoms with E-state index in [0.29, 0.717) is 0 Å². The summed E-state index contributed by atoms with van der Waals surface area (Å²) in [4.78, 5) is 0. The zero-order chi connectivity index (χ0) is 11.8. The van der Waals surface area contributed by atoms with Gasteiger partial charge in [0.25, 0.3) is 0 Å². The topological polar surface area (TPSA) is 0 Å². The van der Waals surface area contributed by atoms with Gasteiger partial charge in [0.1, 0.15) is 0 Å². The van der Waals surface area contributed by atoms with Crippen LogP contribution in [0.5, 0.6) is 0 Å². The van der Waals surface area contributed by atoms with E-state index in [1.54, 1.807) is 5.57 Å². The van der Waals surface area contributed by atoms with Crippen molar-refractivity contribution in [3.8, 4) is 0 Å². The summed E-state index contributed by atoms with van der Waals surface area (Å²) in [7, 11) is 0. The summed E-state index contributed by atoms with van der Waals surface area (Å²) in [5.41, 5.74) is 1.58. The van der Waals surface area contributed by atoms with Gasteiger partial charge in [-0.1, -0.05) is 59.1 Å². The second kappa shape index (κ2) is 7.96. The lowest BCUT2D eigenvalue weighted by Crippen LogP contribution is -2.12. The van der Waals surface area contributed by atoms with Gasteiger partial charge in [-0.25, -0.2) is 0 Å². The van der Waals surface area contributed by atoms with Gasteiger partial charge in [-0.15, -0.1) is 0 Å². The first-order chi connectivity index (χ1) is 7.02. The number of rotatable bonds is 7. The molecule has 15 heavy (non-hydrogen) atoms. The van der Waals surface area contributed by atoms with Crippen molar-refractivity contribution in [2.75, 3.05) is 0 Å². The fourth-order valence-electron chi connectivity index (χ4n) is 2.24. The predicted molar refractivity (Wildman–Crippen MR) is 71.1 cm³/mol. The molecule has 0 nitrogen and oxygen atoms in total. The summed E-state index contributed by atoms with van der Waals surface area (Å²) >= 11 is 0. The average molecular weight is 210 g/mol. The Bertz CT molecular complexity index is 178. The third kappa shape index (κ3) is 6.02. The Morgan fingerprint density at radius 1 is 1.07 bits per heavy atom. The lowest BCUT2D eigenvalue weighted by atomic mass is 9.83. The first-order valence-electron chi connectivity index (χ1n) is 6.69. The first-order valence-corrected chi connectivity index (χ1v) is 6.69. The molecule has 0 amide bonds. The van der Waals surface area contributed by atoms with Gasteiger partial charge in [-0.05, 0) is 37.5 Å². The molecule has 0 aromatic carbocycles.